The molecule has 0 spiro atoms. The summed E-state index contributed by atoms with van der Waals surface area (Å²) < 4.78 is 0. The predicted molar refractivity (Wildman–Crippen MR) is 89.2 cm³/mol. The highest BCUT2D eigenvalue weighted by Gasteiger charge is 2.08. The molecule has 0 fully saturated rings. The molecule has 2 aromatic rings. The maximum atomic E-state index is 11.8. The first-order valence-electron chi connectivity index (χ1n) is 6.79. The number of hydrogen-bond acceptors (Lipinski definition) is 4. The van der Waals surface area contributed by atoms with Crippen molar-refractivity contribution in [2.45, 2.75) is 19.8 Å². The van der Waals surface area contributed by atoms with E-state index in [2.05, 4.69) is 19.2 Å². The summed E-state index contributed by atoms with van der Waals surface area (Å²) in [6, 6.07) is 10.7. The summed E-state index contributed by atoms with van der Waals surface area (Å²) in [6.07, 6.45) is 2.93. The van der Waals surface area contributed by atoms with E-state index in [9.17, 15) is 14.9 Å². The molecule has 0 bridgehead atoms. The number of anilines is 1. The van der Waals surface area contributed by atoms with Crippen molar-refractivity contribution in [3.8, 4) is 0 Å². The molecule has 0 saturated carbocycles. The second-order valence-corrected chi connectivity index (χ2v) is 6.13. The quantitative estimate of drug-likeness (QED) is 0.504. The van der Waals surface area contributed by atoms with Crippen LogP contribution in [-0.4, -0.2) is 10.8 Å². The van der Waals surface area contributed by atoms with Crippen molar-refractivity contribution < 1.29 is 9.72 Å². The van der Waals surface area contributed by atoms with Crippen LogP contribution in [0.25, 0.3) is 6.08 Å². The first kappa shape index (κ1) is 15.9. The lowest BCUT2D eigenvalue weighted by Gasteiger charge is -2.07. The average Bonchev–Trinajstić information content (AvgIpc) is 2.95. The summed E-state index contributed by atoms with van der Waals surface area (Å²) in [5, 5.41) is 13.4. The van der Waals surface area contributed by atoms with Crippen LogP contribution in [0.3, 0.4) is 0 Å². The number of hydrogen-bond donors (Lipinski definition) is 1. The monoisotopic (exact) mass is 316 g/mol. The fourth-order valence-corrected chi connectivity index (χ4v) is 2.55. The fourth-order valence-electron chi connectivity index (χ4n) is 1.82. The minimum absolute atomic E-state index is 0.0596. The van der Waals surface area contributed by atoms with Gasteiger partial charge >= 0.3 is 5.00 Å². The van der Waals surface area contributed by atoms with Crippen LogP contribution in [-0.2, 0) is 4.79 Å². The molecular formula is C16H16N2O3S. The molecule has 1 aromatic heterocycles. The zero-order chi connectivity index (χ0) is 16.1. The molecule has 1 aromatic carbocycles. The Morgan fingerprint density at radius 3 is 2.45 bits per heavy atom. The number of amides is 1. The molecule has 0 saturated heterocycles. The van der Waals surface area contributed by atoms with E-state index in [0.717, 1.165) is 17.0 Å². The normalized spacial score (nSPS) is 11.0. The van der Waals surface area contributed by atoms with E-state index >= 15 is 0 Å². The Hall–Kier alpha value is -2.47. The Balaban J connectivity index is 1.96. The molecule has 0 radical (unpaired) electrons. The second-order valence-electron chi connectivity index (χ2n) is 5.03. The molecule has 114 valence electrons. The van der Waals surface area contributed by atoms with Crippen molar-refractivity contribution in [3.63, 3.8) is 0 Å². The van der Waals surface area contributed by atoms with E-state index < -0.39 is 4.92 Å². The van der Waals surface area contributed by atoms with Gasteiger partial charge in [-0.15, -0.1) is 0 Å². The largest absolute Gasteiger partial charge is 0.324 e. The minimum Gasteiger partial charge on any atom is -0.323 e. The van der Waals surface area contributed by atoms with E-state index in [1.807, 2.05) is 24.3 Å². The molecule has 0 aliphatic carbocycles. The maximum absolute atomic E-state index is 11.8. The number of carbonyl (C=O) groups excluding carboxylic acids is 1. The number of nitrogens with one attached hydrogen (secondary N) is 1. The molecule has 0 atom stereocenters. The summed E-state index contributed by atoms with van der Waals surface area (Å²) in [7, 11) is 0. The van der Waals surface area contributed by atoms with Gasteiger partial charge in [0.1, 0.15) is 0 Å². The highest BCUT2D eigenvalue weighted by atomic mass is 32.1. The van der Waals surface area contributed by atoms with Gasteiger partial charge in [0.25, 0.3) is 0 Å². The Morgan fingerprint density at radius 2 is 1.91 bits per heavy atom. The molecule has 2 rings (SSSR count). The summed E-state index contributed by atoms with van der Waals surface area (Å²) in [6.45, 7) is 4.22. The number of carbonyl (C=O) groups is 1. The molecule has 22 heavy (non-hydrogen) atoms. The van der Waals surface area contributed by atoms with Gasteiger partial charge in [0.05, 0.1) is 4.92 Å². The molecule has 1 amide bonds. The van der Waals surface area contributed by atoms with Crippen LogP contribution in [0.15, 0.2) is 42.5 Å². The third kappa shape index (κ3) is 4.26. The van der Waals surface area contributed by atoms with E-state index in [1.165, 1.54) is 17.7 Å². The van der Waals surface area contributed by atoms with Gasteiger partial charge in [-0.05, 0) is 35.8 Å². The van der Waals surface area contributed by atoms with E-state index in [1.54, 1.807) is 12.1 Å². The molecule has 0 unspecified atom stereocenters. The molecule has 0 aliphatic rings. The van der Waals surface area contributed by atoms with Crippen molar-refractivity contribution in [3.05, 3.63) is 63.0 Å². The lowest BCUT2D eigenvalue weighted by atomic mass is 10.0. The number of rotatable bonds is 5. The molecule has 0 aliphatic heterocycles. The topological polar surface area (TPSA) is 72.2 Å². The van der Waals surface area contributed by atoms with Gasteiger partial charge in [-0.3, -0.25) is 14.9 Å². The SMILES string of the molecule is CC(C)c1ccc(NC(=O)/C=C/c2ccc([N+](=O)[O-])s2)cc1. The van der Waals surface area contributed by atoms with Gasteiger partial charge < -0.3 is 5.32 Å². The first-order chi connectivity index (χ1) is 10.5. The van der Waals surface area contributed by atoms with Gasteiger partial charge in [0, 0.05) is 22.7 Å². The lowest BCUT2D eigenvalue weighted by molar-refractivity contribution is -0.380. The van der Waals surface area contributed by atoms with Gasteiger partial charge in [-0.1, -0.05) is 37.3 Å². The van der Waals surface area contributed by atoms with Crippen LogP contribution < -0.4 is 5.32 Å². The van der Waals surface area contributed by atoms with Crippen LogP contribution in [0.2, 0.25) is 0 Å². The lowest BCUT2D eigenvalue weighted by Crippen LogP contribution is -2.07. The highest BCUT2D eigenvalue weighted by molar-refractivity contribution is 7.16. The third-order valence-electron chi connectivity index (χ3n) is 3.04. The van der Waals surface area contributed by atoms with Crippen molar-refractivity contribution in [1.82, 2.24) is 0 Å². The summed E-state index contributed by atoms with van der Waals surface area (Å²) in [4.78, 5) is 22.6. The fraction of sp³-hybridized carbons (Fsp3) is 0.188. The zero-order valence-electron chi connectivity index (χ0n) is 12.3. The van der Waals surface area contributed by atoms with Crippen LogP contribution >= 0.6 is 11.3 Å². The predicted octanol–water partition coefficient (Wildman–Crippen LogP) is 4.43. The van der Waals surface area contributed by atoms with E-state index in [0.29, 0.717) is 10.8 Å². The Bertz CT molecular complexity index is 702. The summed E-state index contributed by atoms with van der Waals surface area (Å²) >= 11 is 1.03. The number of benzene rings is 1. The maximum Gasteiger partial charge on any atom is 0.324 e. The molecule has 1 heterocycles. The van der Waals surface area contributed by atoms with Crippen molar-refractivity contribution in [2.24, 2.45) is 0 Å². The Morgan fingerprint density at radius 1 is 1.23 bits per heavy atom. The van der Waals surface area contributed by atoms with Crippen molar-refractivity contribution >= 4 is 34.0 Å². The number of nitro groups is 1. The zero-order valence-corrected chi connectivity index (χ0v) is 13.1. The van der Waals surface area contributed by atoms with Gasteiger partial charge in [-0.2, -0.15) is 0 Å². The molecule has 1 N–H and O–H groups in total. The standard InChI is InChI=1S/C16H16N2O3S/c1-11(2)12-3-5-13(6-4-12)17-15(19)9-7-14-8-10-16(22-14)18(20)21/h3-11H,1-2H3,(H,17,19)/b9-7+. The summed E-state index contributed by atoms with van der Waals surface area (Å²) in [5.74, 6) is 0.174. The van der Waals surface area contributed by atoms with Crippen LogP contribution in [0, 0.1) is 10.1 Å². The number of thiophene rings is 1. The van der Waals surface area contributed by atoms with Crippen LogP contribution in [0.1, 0.15) is 30.2 Å². The average molecular weight is 316 g/mol. The molecule has 5 nitrogen and oxygen atoms in total. The van der Waals surface area contributed by atoms with Crippen molar-refractivity contribution in [1.29, 1.82) is 0 Å². The van der Waals surface area contributed by atoms with Gasteiger partial charge in [0.15, 0.2) is 0 Å². The first-order valence-corrected chi connectivity index (χ1v) is 7.60. The molecular weight excluding hydrogens is 300 g/mol. The second kappa shape index (κ2) is 7.00. The van der Waals surface area contributed by atoms with Gasteiger partial charge in [-0.25, -0.2) is 0 Å². The smallest absolute Gasteiger partial charge is 0.323 e. The summed E-state index contributed by atoms with van der Waals surface area (Å²) in [5.41, 5.74) is 1.93. The Labute approximate surface area is 132 Å². The van der Waals surface area contributed by atoms with E-state index in [4.69, 9.17) is 0 Å². The van der Waals surface area contributed by atoms with Crippen LogP contribution in [0.4, 0.5) is 10.7 Å². The Kier molecular flexibility index (Phi) is 5.06. The number of nitrogens with zero attached hydrogens (tertiary/aromatic N) is 1. The van der Waals surface area contributed by atoms with Gasteiger partial charge in [0.2, 0.25) is 5.91 Å². The van der Waals surface area contributed by atoms with E-state index in [-0.39, 0.29) is 10.9 Å². The highest BCUT2D eigenvalue weighted by Crippen LogP contribution is 2.24. The minimum atomic E-state index is -0.446. The van der Waals surface area contributed by atoms with Crippen molar-refractivity contribution in [2.75, 3.05) is 5.32 Å². The molecule has 6 heteroatoms. The third-order valence-corrected chi connectivity index (χ3v) is 4.04. The van der Waals surface area contributed by atoms with Crippen LogP contribution in [0.5, 0.6) is 0 Å².